The van der Waals surface area contributed by atoms with Gasteiger partial charge in [0.05, 0.1) is 5.56 Å². The molecule has 1 aliphatic carbocycles. The highest BCUT2D eigenvalue weighted by Gasteiger charge is 2.18. The number of carbonyl (C=O) groups is 2. The Hall–Kier alpha value is -1.84. The number of hydrogen-bond donors (Lipinski definition) is 1. The number of unbranched alkanes of at least 4 members (excludes halogenated alkanes) is 2. The molecule has 0 radical (unpaired) electrons. The van der Waals surface area contributed by atoms with Gasteiger partial charge in [-0.05, 0) is 56.4 Å². The third-order valence-electron chi connectivity index (χ3n) is 4.24. The predicted molar refractivity (Wildman–Crippen MR) is 91.5 cm³/mol. The van der Waals surface area contributed by atoms with E-state index in [9.17, 15) is 9.59 Å². The summed E-state index contributed by atoms with van der Waals surface area (Å²) in [4.78, 5) is 23.9. The van der Waals surface area contributed by atoms with Gasteiger partial charge in [0, 0.05) is 12.1 Å². The molecule has 0 bridgehead atoms. The molecule has 4 nitrogen and oxygen atoms in total. The first-order chi connectivity index (χ1) is 11.2. The van der Waals surface area contributed by atoms with Gasteiger partial charge in [0.25, 0.3) is 0 Å². The Morgan fingerprint density at radius 3 is 2.43 bits per heavy atom. The first-order valence-corrected chi connectivity index (χ1v) is 8.80. The molecule has 1 N–H and O–H groups in total. The maximum absolute atomic E-state index is 12.1. The van der Waals surface area contributed by atoms with Crippen LogP contribution in [0.25, 0.3) is 0 Å². The van der Waals surface area contributed by atoms with E-state index in [1.54, 1.807) is 24.3 Å². The average molecular weight is 317 g/mol. The zero-order chi connectivity index (χ0) is 16.5. The molecule has 0 heterocycles. The number of anilines is 1. The Labute approximate surface area is 138 Å². The van der Waals surface area contributed by atoms with E-state index in [2.05, 4.69) is 12.2 Å². The van der Waals surface area contributed by atoms with Crippen LogP contribution in [0.5, 0.6) is 0 Å². The molecule has 1 amide bonds. The highest BCUT2D eigenvalue weighted by molar-refractivity contribution is 5.93. The molecule has 1 aromatic carbocycles. The Morgan fingerprint density at radius 1 is 1.09 bits per heavy atom. The number of nitrogens with one attached hydrogen (secondary N) is 1. The first kappa shape index (κ1) is 17.5. The van der Waals surface area contributed by atoms with E-state index in [1.807, 2.05) is 0 Å². The number of ether oxygens (including phenoxy) is 1. The lowest BCUT2D eigenvalue weighted by molar-refractivity contribution is -0.116. The van der Waals surface area contributed by atoms with Crippen molar-refractivity contribution in [1.82, 2.24) is 0 Å². The first-order valence-electron chi connectivity index (χ1n) is 8.80. The normalized spacial score (nSPS) is 15.2. The number of esters is 1. The summed E-state index contributed by atoms with van der Waals surface area (Å²) >= 11 is 0. The molecule has 0 spiro atoms. The minimum atomic E-state index is -0.266. The molecule has 4 heteroatoms. The van der Waals surface area contributed by atoms with Gasteiger partial charge < -0.3 is 10.1 Å². The van der Waals surface area contributed by atoms with Gasteiger partial charge in [-0.15, -0.1) is 0 Å². The van der Waals surface area contributed by atoms with Crippen LogP contribution < -0.4 is 5.32 Å². The molecule has 126 valence electrons. The maximum atomic E-state index is 12.1. The molecule has 0 saturated heterocycles. The van der Waals surface area contributed by atoms with Crippen LogP contribution in [-0.4, -0.2) is 18.0 Å². The molecule has 2 rings (SSSR count). The van der Waals surface area contributed by atoms with E-state index >= 15 is 0 Å². The van der Waals surface area contributed by atoms with Crippen LogP contribution in [0.1, 0.15) is 75.1 Å². The molecule has 1 saturated carbocycles. The molecule has 0 atom stereocenters. The molecular formula is C19H27NO3. The fraction of sp³-hybridized carbons (Fsp3) is 0.579. The zero-order valence-electron chi connectivity index (χ0n) is 14.0. The predicted octanol–water partition coefficient (Wildman–Crippen LogP) is 4.69. The van der Waals surface area contributed by atoms with Gasteiger partial charge in [0.15, 0.2) is 0 Å². The quantitative estimate of drug-likeness (QED) is 0.586. The molecule has 0 aromatic heterocycles. The minimum Gasteiger partial charge on any atom is -0.459 e. The minimum absolute atomic E-state index is 0.0241. The summed E-state index contributed by atoms with van der Waals surface area (Å²) in [6.45, 7) is 2.11. The largest absolute Gasteiger partial charge is 0.459 e. The standard InChI is InChI=1S/C19H27NO3/c1-2-3-5-10-18(21)20-16-13-11-15(12-14-16)19(22)23-17-8-6-4-7-9-17/h11-14,17H,2-10H2,1H3,(H,20,21). The third kappa shape index (κ3) is 6.05. The fourth-order valence-electron chi connectivity index (χ4n) is 2.85. The van der Waals surface area contributed by atoms with Crippen LogP contribution in [0.4, 0.5) is 5.69 Å². The van der Waals surface area contributed by atoms with Crippen LogP contribution in [0.15, 0.2) is 24.3 Å². The molecule has 1 fully saturated rings. The summed E-state index contributed by atoms with van der Waals surface area (Å²) in [6, 6.07) is 6.95. The second-order valence-electron chi connectivity index (χ2n) is 6.25. The van der Waals surface area contributed by atoms with Gasteiger partial charge in [-0.1, -0.05) is 26.2 Å². The van der Waals surface area contributed by atoms with Crippen molar-refractivity contribution in [2.75, 3.05) is 5.32 Å². The van der Waals surface area contributed by atoms with Crippen molar-refractivity contribution in [3.8, 4) is 0 Å². The molecule has 23 heavy (non-hydrogen) atoms. The maximum Gasteiger partial charge on any atom is 0.338 e. The fourth-order valence-corrected chi connectivity index (χ4v) is 2.85. The smallest absolute Gasteiger partial charge is 0.338 e. The van der Waals surface area contributed by atoms with Gasteiger partial charge in [0.1, 0.15) is 6.10 Å². The second kappa shape index (κ2) is 9.33. The highest BCUT2D eigenvalue weighted by atomic mass is 16.5. The van der Waals surface area contributed by atoms with Crippen molar-refractivity contribution >= 4 is 17.6 Å². The van der Waals surface area contributed by atoms with E-state index in [0.717, 1.165) is 50.6 Å². The highest BCUT2D eigenvalue weighted by Crippen LogP contribution is 2.21. The van der Waals surface area contributed by atoms with E-state index in [1.165, 1.54) is 6.42 Å². The second-order valence-corrected chi connectivity index (χ2v) is 6.25. The SMILES string of the molecule is CCCCCC(=O)Nc1ccc(C(=O)OC2CCCCC2)cc1. The number of benzene rings is 1. The topological polar surface area (TPSA) is 55.4 Å². The van der Waals surface area contributed by atoms with Gasteiger partial charge in [0.2, 0.25) is 5.91 Å². The van der Waals surface area contributed by atoms with Crippen molar-refractivity contribution in [2.24, 2.45) is 0 Å². The van der Waals surface area contributed by atoms with Crippen molar-refractivity contribution in [3.05, 3.63) is 29.8 Å². The summed E-state index contributed by atoms with van der Waals surface area (Å²) in [5, 5.41) is 2.86. The number of rotatable bonds is 7. The van der Waals surface area contributed by atoms with Crippen LogP contribution in [0.2, 0.25) is 0 Å². The molecular weight excluding hydrogens is 290 g/mol. The Bertz CT molecular complexity index is 504. The van der Waals surface area contributed by atoms with Crippen molar-refractivity contribution in [3.63, 3.8) is 0 Å². The molecule has 1 aromatic rings. The summed E-state index contributed by atoms with van der Waals surface area (Å²) in [6.07, 6.45) is 9.14. The third-order valence-corrected chi connectivity index (χ3v) is 4.24. The number of hydrogen-bond acceptors (Lipinski definition) is 3. The van der Waals surface area contributed by atoms with Crippen LogP contribution in [0, 0.1) is 0 Å². The Morgan fingerprint density at radius 2 is 1.78 bits per heavy atom. The van der Waals surface area contributed by atoms with Gasteiger partial charge >= 0.3 is 5.97 Å². The lowest BCUT2D eigenvalue weighted by Crippen LogP contribution is -2.20. The van der Waals surface area contributed by atoms with E-state index < -0.39 is 0 Å². The van der Waals surface area contributed by atoms with Crippen LogP contribution in [0.3, 0.4) is 0 Å². The van der Waals surface area contributed by atoms with Crippen LogP contribution in [-0.2, 0) is 9.53 Å². The summed E-state index contributed by atoms with van der Waals surface area (Å²) in [5.74, 6) is -0.242. The molecule has 1 aliphatic rings. The zero-order valence-corrected chi connectivity index (χ0v) is 14.0. The van der Waals surface area contributed by atoms with E-state index in [4.69, 9.17) is 4.74 Å². The van der Waals surface area contributed by atoms with Gasteiger partial charge in [-0.25, -0.2) is 4.79 Å². The van der Waals surface area contributed by atoms with Crippen molar-refractivity contribution < 1.29 is 14.3 Å². The Kier molecular flexibility index (Phi) is 7.11. The van der Waals surface area contributed by atoms with Crippen molar-refractivity contribution in [2.45, 2.75) is 70.8 Å². The van der Waals surface area contributed by atoms with E-state index in [-0.39, 0.29) is 18.0 Å². The summed E-state index contributed by atoms with van der Waals surface area (Å²) in [7, 11) is 0. The lowest BCUT2D eigenvalue weighted by atomic mass is 9.98. The van der Waals surface area contributed by atoms with E-state index in [0.29, 0.717) is 12.0 Å². The summed E-state index contributed by atoms with van der Waals surface area (Å²) < 4.78 is 5.54. The number of carbonyl (C=O) groups excluding carboxylic acids is 2. The lowest BCUT2D eigenvalue weighted by Gasteiger charge is -2.21. The van der Waals surface area contributed by atoms with Crippen molar-refractivity contribution in [1.29, 1.82) is 0 Å². The molecule has 0 unspecified atom stereocenters. The van der Waals surface area contributed by atoms with Gasteiger partial charge in [-0.3, -0.25) is 4.79 Å². The summed E-state index contributed by atoms with van der Waals surface area (Å²) in [5.41, 5.74) is 1.26. The monoisotopic (exact) mass is 317 g/mol. The van der Waals surface area contributed by atoms with Crippen LogP contribution >= 0.6 is 0 Å². The average Bonchev–Trinajstić information content (AvgIpc) is 2.56. The molecule has 0 aliphatic heterocycles. The van der Waals surface area contributed by atoms with Gasteiger partial charge in [-0.2, -0.15) is 0 Å². The number of amides is 1. The Balaban J connectivity index is 1.81.